The molecule has 0 saturated heterocycles. The summed E-state index contributed by atoms with van der Waals surface area (Å²) in [6.45, 7) is 2.46. The Balaban J connectivity index is 1.78. The highest BCUT2D eigenvalue weighted by Gasteiger charge is 2.35. The van der Waals surface area contributed by atoms with Crippen LogP contribution in [0.25, 0.3) is 0 Å². The van der Waals surface area contributed by atoms with Gasteiger partial charge in [0.05, 0.1) is 13.7 Å². The summed E-state index contributed by atoms with van der Waals surface area (Å²) in [5, 5.41) is 3.23. The number of benzene rings is 2. The first-order valence-electron chi connectivity index (χ1n) is 12.5. The maximum atomic E-state index is 13.9. The zero-order valence-electron chi connectivity index (χ0n) is 20.9. The van der Waals surface area contributed by atoms with Gasteiger partial charge in [0.1, 0.15) is 23.2 Å². The van der Waals surface area contributed by atoms with Crippen LogP contribution in [0.1, 0.15) is 61.1 Å². The number of nitrogens with zero attached hydrogens (tertiary/aromatic N) is 2. The number of methoxy groups -OCH3 is 1. The minimum atomic E-state index is -0.898. The smallest absolute Gasteiger partial charge is 0.277 e. The highest BCUT2D eigenvalue weighted by atomic mass is 16.5. The van der Waals surface area contributed by atoms with Gasteiger partial charge in [0.2, 0.25) is 5.91 Å². The molecule has 1 N–H and O–H groups in total. The van der Waals surface area contributed by atoms with Gasteiger partial charge < -0.3 is 14.8 Å². The van der Waals surface area contributed by atoms with Crippen molar-refractivity contribution in [2.75, 3.05) is 18.6 Å². The average molecular weight is 488 g/mol. The number of carbonyl (C=O) groups excluding carboxylic acids is 2. The van der Waals surface area contributed by atoms with Gasteiger partial charge in [-0.2, -0.15) is 0 Å². The molecular formula is C29H33N3O4. The lowest BCUT2D eigenvalue weighted by Crippen LogP contribution is -2.47. The van der Waals surface area contributed by atoms with E-state index in [1.165, 1.54) is 11.3 Å². The molecule has 7 nitrogen and oxygen atoms in total. The average Bonchev–Trinajstić information content (AvgIpc) is 2.93. The van der Waals surface area contributed by atoms with Crippen LogP contribution in [0.3, 0.4) is 0 Å². The molecule has 0 unspecified atom stereocenters. The molecule has 0 aliphatic heterocycles. The summed E-state index contributed by atoms with van der Waals surface area (Å²) in [6.07, 6.45) is 6.83. The lowest BCUT2D eigenvalue weighted by atomic mass is 9.94. The van der Waals surface area contributed by atoms with Crippen molar-refractivity contribution in [2.24, 2.45) is 0 Å². The second-order valence-electron chi connectivity index (χ2n) is 8.84. The Morgan fingerprint density at radius 1 is 0.972 bits per heavy atom. The molecule has 0 bridgehead atoms. The summed E-state index contributed by atoms with van der Waals surface area (Å²) in [7, 11) is 1.59. The van der Waals surface area contributed by atoms with Crippen LogP contribution in [-0.2, 0) is 4.79 Å². The fourth-order valence-electron chi connectivity index (χ4n) is 4.60. The summed E-state index contributed by atoms with van der Waals surface area (Å²) in [5.74, 6) is 0.789. The van der Waals surface area contributed by atoms with Crippen LogP contribution >= 0.6 is 0 Å². The first-order valence-corrected chi connectivity index (χ1v) is 12.5. The molecule has 1 atom stereocenters. The first-order chi connectivity index (χ1) is 17.6. The third kappa shape index (κ3) is 6.03. The Hall–Kier alpha value is -3.87. The number of aromatic nitrogens is 1. The second kappa shape index (κ2) is 12.2. The highest BCUT2D eigenvalue weighted by molar-refractivity contribution is 6.09. The number of hydrogen-bond donors (Lipinski definition) is 1. The zero-order chi connectivity index (χ0) is 25.3. The van der Waals surface area contributed by atoms with Gasteiger partial charge in [-0.3, -0.25) is 19.5 Å². The standard InChI is InChI=1S/C29H33N3O4/c1-3-36-25-16-12-21(13-17-25)27(28(33)31-22-9-5-4-6-10-22)32(23-14-18-24(35-2)19-15-23)29(34)26-11-7-8-20-30-26/h7-8,11-20,22,27H,3-6,9-10H2,1-2H3,(H,31,33)/t27-/m1/s1. The van der Waals surface area contributed by atoms with Crippen LogP contribution in [0.2, 0.25) is 0 Å². The van der Waals surface area contributed by atoms with Crippen molar-refractivity contribution in [1.82, 2.24) is 10.3 Å². The monoisotopic (exact) mass is 487 g/mol. The van der Waals surface area contributed by atoms with Crippen molar-refractivity contribution in [3.8, 4) is 11.5 Å². The van der Waals surface area contributed by atoms with Crippen LogP contribution in [0.15, 0.2) is 72.9 Å². The lowest BCUT2D eigenvalue weighted by molar-refractivity contribution is -0.123. The van der Waals surface area contributed by atoms with Gasteiger partial charge in [-0.1, -0.05) is 37.5 Å². The van der Waals surface area contributed by atoms with Crippen molar-refractivity contribution in [3.63, 3.8) is 0 Å². The second-order valence-corrected chi connectivity index (χ2v) is 8.84. The molecule has 2 aromatic carbocycles. The molecule has 0 radical (unpaired) electrons. The molecule has 1 aliphatic rings. The molecule has 36 heavy (non-hydrogen) atoms. The summed E-state index contributed by atoms with van der Waals surface area (Å²) in [6, 6.07) is 18.9. The number of rotatable bonds is 9. The van der Waals surface area contributed by atoms with Crippen molar-refractivity contribution in [1.29, 1.82) is 0 Å². The van der Waals surface area contributed by atoms with Gasteiger partial charge in [0, 0.05) is 17.9 Å². The van der Waals surface area contributed by atoms with E-state index in [0.717, 1.165) is 25.7 Å². The minimum Gasteiger partial charge on any atom is -0.497 e. The Kier molecular flexibility index (Phi) is 8.55. The molecule has 4 rings (SSSR count). The van der Waals surface area contributed by atoms with E-state index in [9.17, 15) is 9.59 Å². The molecule has 3 aromatic rings. The van der Waals surface area contributed by atoms with Crippen LogP contribution in [0.4, 0.5) is 5.69 Å². The molecule has 0 spiro atoms. The molecule has 188 valence electrons. The van der Waals surface area contributed by atoms with Gasteiger partial charge in [0.25, 0.3) is 5.91 Å². The highest BCUT2D eigenvalue weighted by Crippen LogP contribution is 2.32. The van der Waals surface area contributed by atoms with E-state index in [0.29, 0.717) is 29.4 Å². The number of pyridine rings is 1. The number of amides is 2. The normalized spacial score (nSPS) is 14.5. The Bertz CT molecular complexity index is 1130. The van der Waals surface area contributed by atoms with Crippen LogP contribution in [0.5, 0.6) is 11.5 Å². The number of nitrogens with one attached hydrogen (secondary N) is 1. The molecule has 7 heteroatoms. The Morgan fingerprint density at radius 3 is 2.28 bits per heavy atom. The van der Waals surface area contributed by atoms with Crippen LogP contribution in [0, 0.1) is 0 Å². The molecule has 2 amide bonds. The van der Waals surface area contributed by atoms with Gasteiger partial charge in [-0.15, -0.1) is 0 Å². The summed E-state index contributed by atoms with van der Waals surface area (Å²) in [5.41, 5.74) is 1.52. The maximum Gasteiger partial charge on any atom is 0.277 e. The largest absolute Gasteiger partial charge is 0.497 e. The van der Waals surface area contributed by atoms with E-state index in [2.05, 4.69) is 10.3 Å². The SMILES string of the molecule is CCOc1ccc([C@H](C(=O)NC2CCCCC2)N(C(=O)c2ccccn2)c2ccc(OC)cc2)cc1. The lowest BCUT2D eigenvalue weighted by Gasteiger charge is -2.33. The fraction of sp³-hybridized carbons (Fsp3) is 0.345. The molecule has 1 fully saturated rings. The van der Waals surface area contributed by atoms with Gasteiger partial charge in [-0.05, 0) is 73.9 Å². The van der Waals surface area contributed by atoms with Gasteiger partial charge >= 0.3 is 0 Å². The van der Waals surface area contributed by atoms with Gasteiger partial charge in [-0.25, -0.2) is 0 Å². The summed E-state index contributed by atoms with van der Waals surface area (Å²) < 4.78 is 10.9. The third-order valence-electron chi connectivity index (χ3n) is 6.42. The maximum absolute atomic E-state index is 13.9. The number of carbonyl (C=O) groups is 2. The Morgan fingerprint density at radius 2 is 1.67 bits per heavy atom. The van der Waals surface area contributed by atoms with E-state index in [-0.39, 0.29) is 23.6 Å². The van der Waals surface area contributed by atoms with Crippen molar-refractivity contribution < 1.29 is 19.1 Å². The number of ether oxygens (including phenoxy) is 2. The predicted octanol–water partition coefficient (Wildman–Crippen LogP) is 5.33. The fourth-order valence-corrected chi connectivity index (χ4v) is 4.60. The predicted molar refractivity (Wildman–Crippen MR) is 139 cm³/mol. The van der Waals surface area contributed by atoms with Crippen LogP contribution < -0.4 is 19.7 Å². The summed E-state index contributed by atoms with van der Waals surface area (Å²) >= 11 is 0. The molecular weight excluding hydrogens is 454 g/mol. The van der Waals surface area contributed by atoms with E-state index in [4.69, 9.17) is 9.47 Å². The van der Waals surface area contributed by atoms with E-state index < -0.39 is 6.04 Å². The van der Waals surface area contributed by atoms with E-state index >= 15 is 0 Å². The van der Waals surface area contributed by atoms with Crippen molar-refractivity contribution >= 4 is 17.5 Å². The third-order valence-corrected chi connectivity index (χ3v) is 6.42. The minimum absolute atomic E-state index is 0.0964. The quantitative estimate of drug-likeness (QED) is 0.442. The zero-order valence-corrected chi connectivity index (χ0v) is 20.9. The molecule has 1 heterocycles. The van der Waals surface area contributed by atoms with E-state index in [1.807, 2.05) is 31.2 Å². The number of hydrogen-bond acceptors (Lipinski definition) is 5. The topological polar surface area (TPSA) is 80.8 Å². The van der Waals surface area contributed by atoms with Crippen molar-refractivity contribution in [2.45, 2.75) is 51.1 Å². The summed E-state index contributed by atoms with van der Waals surface area (Å²) in [4.78, 5) is 33.6. The van der Waals surface area contributed by atoms with E-state index in [1.54, 1.807) is 55.8 Å². The first kappa shape index (κ1) is 25.2. The number of anilines is 1. The molecule has 1 aromatic heterocycles. The van der Waals surface area contributed by atoms with Gasteiger partial charge in [0.15, 0.2) is 0 Å². The Labute approximate surface area is 212 Å². The van der Waals surface area contributed by atoms with Crippen molar-refractivity contribution in [3.05, 3.63) is 84.2 Å². The van der Waals surface area contributed by atoms with Crippen LogP contribution in [-0.4, -0.2) is 36.6 Å². The molecule has 1 aliphatic carbocycles. The molecule has 1 saturated carbocycles.